The van der Waals surface area contributed by atoms with E-state index in [9.17, 15) is 22.8 Å². The molecule has 7 nitrogen and oxygen atoms in total. The summed E-state index contributed by atoms with van der Waals surface area (Å²) in [6.45, 7) is 0.816. The van der Waals surface area contributed by atoms with Crippen molar-refractivity contribution in [2.75, 3.05) is 12.4 Å². The predicted octanol–water partition coefficient (Wildman–Crippen LogP) is -0.793. The number of carbonyl (C=O) groups excluding carboxylic acids is 3. The number of amides is 1. The van der Waals surface area contributed by atoms with E-state index in [0.717, 1.165) is 11.8 Å². The topological polar surface area (TPSA) is 97.8 Å². The third-order valence-electron chi connectivity index (χ3n) is 2.90. The lowest BCUT2D eigenvalue weighted by atomic mass is 10.1. The van der Waals surface area contributed by atoms with Crippen molar-refractivity contribution >= 4 is 39.6 Å². The lowest BCUT2D eigenvalue weighted by Crippen LogP contribution is -2.67. The molecule has 0 spiro atoms. The number of fused-ring (bicyclic) bond motifs is 1. The summed E-state index contributed by atoms with van der Waals surface area (Å²) in [7, 11) is -3.68. The van der Waals surface area contributed by atoms with Crippen molar-refractivity contribution in [2.45, 2.75) is 17.7 Å². The monoisotopic (exact) mass is 307 g/mol. The van der Waals surface area contributed by atoms with E-state index < -0.39 is 38.2 Å². The molecule has 0 aromatic carbocycles. The minimum absolute atomic E-state index is 0.0806. The number of nitrogens with zero attached hydrogens (tertiary/aromatic N) is 1. The number of ether oxygens (including phenoxy) is 1. The van der Waals surface area contributed by atoms with Crippen LogP contribution in [-0.4, -0.2) is 54.6 Å². The molecular formula is C10H10ClNO6S. The van der Waals surface area contributed by atoms with Crippen LogP contribution in [0.3, 0.4) is 0 Å². The van der Waals surface area contributed by atoms with Crippen LogP contribution < -0.4 is 0 Å². The second-order valence-corrected chi connectivity index (χ2v) is 6.76. The standard InChI is InChI=1S/C10H10ClNO6S/c1-5(14)18-3-6-4-19(16,17)10-8(11)9(15)12(10)7(6)2-13/h2,8,10H,3-4H2,1H3/t8-,10-/m0/s1. The normalized spacial score (nSPS) is 28.5. The van der Waals surface area contributed by atoms with Gasteiger partial charge in [-0.25, -0.2) is 8.42 Å². The molecule has 0 aromatic heterocycles. The van der Waals surface area contributed by atoms with Gasteiger partial charge in [0.25, 0.3) is 0 Å². The summed E-state index contributed by atoms with van der Waals surface area (Å²) >= 11 is 5.66. The van der Waals surface area contributed by atoms with Gasteiger partial charge in [0.05, 0.1) is 11.4 Å². The molecule has 104 valence electrons. The van der Waals surface area contributed by atoms with E-state index in [-0.39, 0.29) is 17.9 Å². The van der Waals surface area contributed by atoms with Crippen LogP contribution >= 0.6 is 11.6 Å². The summed E-state index contributed by atoms with van der Waals surface area (Å²) in [6, 6.07) is 0. The second-order valence-electron chi connectivity index (χ2n) is 4.19. The van der Waals surface area contributed by atoms with Crippen LogP contribution in [0.15, 0.2) is 11.3 Å². The molecule has 0 aliphatic carbocycles. The van der Waals surface area contributed by atoms with Crippen molar-refractivity contribution in [3.63, 3.8) is 0 Å². The number of esters is 1. The maximum atomic E-state index is 11.9. The molecule has 9 heteroatoms. The number of hydrogen-bond donors (Lipinski definition) is 0. The van der Waals surface area contributed by atoms with Gasteiger partial charge >= 0.3 is 5.97 Å². The maximum absolute atomic E-state index is 11.9. The highest BCUT2D eigenvalue weighted by Crippen LogP contribution is 2.38. The van der Waals surface area contributed by atoms with Gasteiger partial charge in [0.2, 0.25) is 5.91 Å². The molecule has 2 atom stereocenters. The van der Waals surface area contributed by atoms with E-state index in [4.69, 9.17) is 11.6 Å². The van der Waals surface area contributed by atoms with E-state index in [2.05, 4.69) is 4.74 Å². The number of allylic oxidation sites excluding steroid dienone is 1. The minimum Gasteiger partial charge on any atom is -0.461 e. The van der Waals surface area contributed by atoms with Crippen molar-refractivity contribution in [1.82, 2.24) is 4.90 Å². The summed E-state index contributed by atoms with van der Waals surface area (Å²) < 4.78 is 28.6. The van der Waals surface area contributed by atoms with Crippen molar-refractivity contribution < 1.29 is 27.5 Å². The smallest absolute Gasteiger partial charge is 0.302 e. The van der Waals surface area contributed by atoms with E-state index in [1.165, 1.54) is 0 Å². The number of β-lactam (4-membered cyclic amide) rings is 1. The lowest BCUT2D eigenvalue weighted by molar-refractivity contribution is -0.140. The average molecular weight is 308 g/mol. The Kier molecular flexibility index (Phi) is 3.40. The van der Waals surface area contributed by atoms with Gasteiger partial charge in [-0.1, -0.05) is 0 Å². The molecule has 1 amide bonds. The van der Waals surface area contributed by atoms with Crippen LogP contribution in [0.2, 0.25) is 0 Å². The predicted molar refractivity (Wildman–Crippen MR) is 63.8 cm³/mol. The van der Waals surface area contributed by atoms with Gasteiger partial charge in [0, 0.05) is 12.5 Å². The molecule has 0 bridgehead atoms. The van der Waals surface area contributed by atoms with Crippen LogP contribution in [0, 0.1) is 0 Å². The van der Waals surface area contributed by atoms with E-state index in [1.54, 1.807) is 0 Å². The molecule has 0 radical (unpaired) electrons. The molecule has 2 rings (SSSR count). The average Bonchev–Trinajstić information content (AvgIpc) is 2.33. The van der Waals surface area contributed by atoms with Gasteiger partial charge in [-0.05, 0) is 0 Å². The summed E-state index contributed by atoms with van der Waals surface area (Å²) in [5.74, 6) is -1.70. The van der Waals surface area contributed by atoms with Gasteiger partial charge in [-0.2, -0.15) is 0 Å². The Labute approximate surface area is 114 Å². The molecule has 19 heavy (non-hydrogen) atoms. The second kappa shape index (κ2) is 4.61. The van der Waals surface area contributed by atoms with Gasteiger partial charge in [-0.3, -0.25) is 19.3 Å². The third kappa shape index (κ3) is 2.14. The van der Waals surface area contributed by atoms with Crippen LogP contribution in [0.1, 0.15) is 6.92 Å². The molecule has 1 fully saturated rings. The number of halogens is 1. The fraction of sp³-hybridized carbons (Fsp3) is 0.500. The van der Waals surface area contributed by atoms with Crippen LogP contribution in [0.25, 0.3) is 0 Å². The first kappa shape index (κ1) is 14.0. The quantitative estimate of drug-likeness (QED) is 0.293. The highest BCUT2D eigenvalue weighted by atomic mass is 35.5. The lowest BCUT2D eigenvalue weighted by Gasteiger charge is -2.46. The molecule has 0 saturated carbocycles. The van der Waals surface area contributed by atoms with Gasteiger partial charge in [-0.15, -0.1) is 11.6 Å². The first-order valence-electron chi connectivity index (χ1n) is 5.29. The Hall–Kier alpha value is -1.41. The van der Waals surface area contributed by atoms with Crippen LogP contribution in [0.4, 0.5) is 0 Å². The third-order valence-corrected chi connectivity index (χ3v) is 5.45. The zero-order valence-corrected chi connectivity index (χ0v) is 11.4. The summed E-state index contributed by atoms with van der Waals surface area (Å²) in [4.78, 5) is 34.2. The Balaban J connectivity index is 2.40. The van der Waals surface area contributed by atoms with Crippen molar-refractivity contribution in [1.29, 1.82) is 0 Å². The number of hydrogen-bond acceptors (Lipinski definition) is 6. The molecule has 0 N–H and O–H groups in total. The zero-order chi connectivity index (χ0) is 14.4. The minimum atomic E-state index is -3.68. The first-order chi connectivity index (χ1) is 8.79. The summed E-state index contributed by atoms with van der Waals surface area (Å²) in [5.41, 5.74) is 0.00124. The Morgan fingerprint density at radius 1 is 1.58 bits per heavy atom. The van der Waals surface area contributed by atoms with Crippen molar-refractivity contribution in [2.24, 2.45) is 0 Å². The van der Waals surface area contributed by atoms with Crippen molar-refractivity contribution in [3.05, 3.63) is 11.3 Å². The highest BCUT2D eigenvalue weighted by molar-refractivity contribution is 7.92. The van der Waals surface area contributed by atoms with Gasteiger partial charge < -0.3 is 4.74 Å². The van der Waals surface area contributed by atoms with Crippen LogP contribution in [0.5, 0.6) is 0 Å². The first-order valence-corrected chi connectivity index (χ1v) is 7.44. The largest absolute Gasteiger partial charge is 0.461 e. The fourth-order valence-corrected chi connectivity index (χ4v) is 4.64. The van der Waals surface area contributed by atoms with E-state index in [1.807, 2.05) is 0 Å². The molecular weight excluding hydrogens is 298 g/mol. The molecule has 2 aliphatic heterocycles. The molecule has 2 aliphatic rings. The van der Waals surface area contributed by atoms with E-state index >= 15 is 0 Å². The van der Waals surface area contributed by atoms with Gasteiger partial charge in [0.1, 0.15) is 12.0 Å². The number of sulfone groups is 1. The molecule has 1 saturated heterocycles. The molecule has 0 aromatic rings. The SMILES string of the molecule is CC(=O)OCC1=C(C=O)N2C(=O)[C@H](Cl)[C@@H]2S(=O)(=O)C1. The highest BCUT2D eigenvalue weighted by Gasteiger charge is 2.58. The van der Waals surface area contributed by atoms with E-state index in [0.29, 0.717) is 6.29 Å². The molecule has 2 heterocycles. The van der Waals surface area contributed by atoms with Crippen molar-refractivity contribution in [3.8, 4) is 0 Å². The Morgan fingerprint density at radius 3 is 2.74 bits per heavy atom. The van der Waals surface area contributed by atoms with Crippen LogP contribution in [-0.2, 0) is 29.0 Å². The Bertz CT molecular complexity index is 595. The summed E-state index contributed by atoms with van der Waals surface area (Å²) in [5, 5.41) is -2.38. The Morgan fingerprint density at radius 2 is 2.21 bits per heavy atom. The number of alkyl halides is 1. The summed E-state index contributed by atoms with van der Waals surface area (Å²) in [6.07, 6.45) is 0.376. The molecule has 0 unspecified atom stereocenters. The number of rotatable bonds is 3. The maximum Gasteiger partial charge on any atom is 0.302 e. The fourth-order valence-electron chi connectivity index (χ4n) is 2.04. The zero-order valence-electron chi connectivity index (χ0n) is 9.83. The number of carbonyl (C=O) groups is 3. The van der Waals surface area contributed by atoms with Gasteiger partial charge in [0.15, 0.2) is 21.5 Å². The number of aldehydes is 1.